The van der Waals surface area contributed by atoms with E-state index in [2.05, 4.69) is 15.5 Å². The van der Waals surface area contributed by atoms with Crippen molar-refractivity contribution in [3.63, 3.8) is 0 Å². The second kappa shape index (κ2) is 8.57. The number of hydrogen-bond donors (Lipinski definition) is 2. The number of piperidine rings is 1. The topological polar surface area (TPSA) is 66.4 Å². The maximum atomic E-state index is 14.6. The molecule has 1 aromatic heterocycles. The van der Waals surface area contributed by atoms with Gasteiger partial charge in [0.2, 0.25) is 0 Å². The second-order valence-corrected chi connectivity index (χ2v) is 10.2. The average molecular weight is 511 g/mol. The molecular formula is C25H27F5N4O2. The number of anilines is 1. The molecule has 6 nitrogen and oxygen atoms in total. The fourth-order valence-electron chi connectivity index (χ4n) is 5.51. The lowest BCUT2D eigenvalue weighted by atomic mass is 10.0. The summed E-state index contributed by atoms with van der Waals surface area (Å²) < 4.78 is 69.9. The normalized spacial score (nSPS) is 29.1. The number of likely N-dealkylation sites (tertiary alicyclic amines) is 1. The van der Waals surface area contributed by atoms with Crippen molar-refractivity contribution >= 4 is 11.6 Å². The van der Waals surface area contributed by atoms with Crippen LogP contribution in [0, 0.1) is 23.6 Å². The third kappa shape index (κ3) is 4.07. The summed E-state index contributed by atoms with van der Waals surface area (Å²) in [6.45, 7) is 4.49. The van der Waals surface area contributed by atoms with Crippen LogP contribution in [-0.4, -0.2) is 47.5 Å². The van der Waals surface area contributed by atoms with Gasteiger partial charge in [0.15, 0.2) is 0 Å². The van der Waals surface area contributed by atoms with Gasteiger partial charge in [0.1, 0.15) is 11.9 Å². The summed E-state index contributed by atoms with van der Waals surface area (Å²) in [5.41, 5.74) is -1.40. The Labute approximate surface area is 204 Å². The molecule has 2 heterocycles. The molecule has 0 spiro atoms. The number of hydrogen-bond acceptors (Lipinski definition) is 4. The van der Waals surface area contributed by atoms with Crippen molar-refractivity contribution in [3.05, 3.63) is 63.3 Å². The first-order valence-corrected chi connectivity index (χ1v) is 11.9. The Bertz CT molecular complexity index is 1250. The number of alkyl halides is 4. The van der Waals surface area contributed by atoms with E-state index < -0.39 is 53.2 Å². The molecule has 2 N–H and O–H groups in total. The fraction of sp³-hybridized carbons (Fsp3) is 0.520. The lowest BCUT2D eigenvalue weighted by Crippen LogP contribution is -2.32. The first kappa shape index (κ1) is 24.7. The minimum absolute atomic E-state index is 0.0416. The summed E-state index contributed by atoms with van der Waals surface area (Å²) in [4.78, 5) is 28.2. The Kier molecular flexibility index (Phi) is 5.89. The molecule has 2 aromatic rings. The van der Waals surface area contributed by atoms with Gasteiger partial charge in [-0.3, -0.25) is 9.59 Å². The van der Waals surface area contributed by atoms with E-state index in [1.807, 2.05) is 7.05 Å². The average Bonchev–Trinajstić information content (AvgIpc) is 3.48. The third-order valence-corrected chi connectivity index (χ3v) is 7.80. The first-order valence-electron chi connectivity index (χ1n) is 11.9. The van der Waals surface area contributed by atoms with Gasteiger partial charge in [-0.2, -0.15) is 0 Å². The molecule has 5 rings (SSSR count). The van der Waals surface area contributed by atoms with E-state index in [1.54, 1.807) is 0 Å². The van der Waals surface area contributed by atoms with Gasteiger partial charge in [-0.05, 0) is 25.8 Å². The van der Waals surface area contributed by atoms with E-state index in [1.165, 1.54) is 26.0 Å². The van der Waals surface area contributed by atoms with Crippen molar-refractivity contribution in [2.45, 2.75) is 44.3 Å². The number of pyridine rings is 1. The second-order valence-electron chi connectivity index (χ2n) is 10.2. The van der Waals surface area contributed by atoms with Crippen molar-refractivity contribution in [2.24, 2.45) is 17.8 Å². The number of halogens is 5. The number of aromatic nitrogens is 1. The maximum absolute atomic E-state index is 14.6. The van der Waals surface area contributed by atoms with Gasteiger partial charge in [0.25, 0.3) is 23.8 Å². The molecule has 2 saturated carbocycles. The third-order valence-electron chi connectivity index (χ3n) is 7.80. The molecule has 1 aromatic carbocycles. The van der Waals surface area contributed by atoms with Crippen LogP contribution >= 0.6 is 0 Å². The summed E-state index contributed by atoms with van der Waals surface area (Å²) in [5.74, 6) is -5.28. The standard InChI is InChI=1S/C25H27F5N4O2/c1-11-22(25(11,29)30)34-10-17(18(7-19(34)35)32-21-15-8-33(3)9-16(15)21)24(36)31-12(2)13-5-4-6-14(20(13)26)23(27)28/h4-7,10-12,15-16,21-23,32H,8-9H2,1-3H3,(H,31,36)/t11-,12-,15-,16+,21-,22-/m1/s1. The Hall–Kier alpha value is -2.95. The van der Waals surface area contributed by atoms with Crippen LogP contribution in [0.3, 0.4) is 0 Å². The highest BCUT2D eigenvalue weighted by Gasteiger charge is 2.67. The number of carbonyl (C=O) groups is 1. The van der Waals surface area contributed by atoms with Gasteiger partial charge >= 0.3 is 0 Å². The molecule has 3 fully saturated rings. The van der Waals surface area contributed by atoms with Crippen LogP contribution in [0.5, 0.6) is 0 Å². The molecule has 0 unspecified atom stereocenters. The number of fused-ring (bicyclic) bond motifs is 1. The van der Waals surface area contributed by atoms with Crippen LogP contribution in [0.2, 0.25) is 0 Å². The molecule has 6 atom stereocenters. The number of amides is 1. The lowest BCUT2D eigenvalue weighted by molar-refractivity contribution is 0.0868. The van der Waals surface area contributed by atoms with Gasteiger partial charge in [-0.25, -0.2) is 22.0 Å². The summed E-state index contributed by atoms with van der Waals surface area (Å²) in [7, 11) is 2.00. The molecule has 1 amide bonds. The minimum atomic E-state index is -3.07. The summed E-state index contributed by atoms with van der Waals surface area (Å²) >= 11 is 0. The predicted octanol–water partition coefficient (Wildman–Crippen LogP) is 4.21. The lowest BCUT2D eigenvalue weighted by Gasteiger charge is -2.20. The van der Waals surface area contributed by atoms with Gasteiger partial charge in [0.05, 0.1) is 22.9 Å². The van der Waals surface area contributed by atoms with Gasteiger partial charge in [-0.15, -0.1) is 0 Å². The monoisotopic (exact) mass is 510 g/mol. The largest absolute Gasteiger partial charge is 0.381 e. The van der Waals surface area contributed by atoms with Gasteiger partial charge in [-0.1, -0.05) is 25.1 Å². The highest BCUT2D eigenvalue weighted by atomic mass is 19.3. The highest BCUT2D eigenvalue weighted by molar-refractivity contribution is 5.99. The van der Waals surface area contributed by atoms with E-state index in [-0.39, 0.29) is 22.9 Å². The zero-order chi connectivity index (χ0) is 26.1. The van der Waals surface area contributed by atoms with Crippen molar-refractivity contribution < 1.29 is 26.7 Å². The van der Waals surface area contributed by atoms with Crippen molar-refractivity contribution in [2.75, 3.05) is 25.5 Å². The number of benzene rings is 1. The Morgan fingerprint density at radius 1 is 1.17 bits per heavy atom. The molecule has 2 aliphatic carbocycles. The molecule has 11 heteroatoms. The van der Waals surface area contributed by atoms with Crippen LogP contribution in [0.15, 0.2) is 35.3 Å². The number of rotatable bonds is 7. The van der Waals surface area contributed by atoms with Crippen LogP contribution in [-0.2, 0) is 0 Å². The molecular weight excluding hydrogens is 483 g/mol. The molecule has 1 saturated heterocycles. The van der Waals surface area contributed by atoms with Crippen molar-refractivity contribution in [1.29, 1.82) is 0 Å². The number of carbonyl (C=O) groups excluding carboxylic acids is 1. The van der Waals surface area contributed by atoms with Crippen molar-refractivity contribution in [3.8, 4) is 0 Å². The Balaban J connectivity index is 1.44. The minimum Gasteiger partial charge on any atom is -0.381 e. The summed E-state index contributed by atoms with van der Waals surface area (Å²) in [5, 5.41) is 5.81. The highest BCUT2D eigenvalue weighted by Crippen LogP contribution is 2.58. The summed E-state index contributed by atoms with van der Waals surface area (Å²) in [6.07, 6.45) is -1.91. The zero-order valence-electron chi connectivity index (χ0n) is 19.9. The zero-order valence-corrected chi connectivity index (χ0v) is 19.9. The molecule has 0 bridgehead atoms. The fourth-order valence-corrected chi connectivity index (χ4v) is 5.51. The van der Waals surface area contributed by atoms with Crippen LogP contribution in [0.4, 0.5) is 27.6 Å². The van der Waals surface area contributed by atoms with Gasteiger partial charge in [0, 0.05) is 42.9 Å². The van der Waals surface area contributed by atoms with Crippen LogP contribution in [0.25, 0.3) is 0 Å². The van der Waals surface area contributed by atoms with E-state index in [0.29, 0.717) is 11.8 Å². The molecule has 0 radical (unpaired) electrons. The molecule has 36 heavy (non-hydrogen) atoms. The summed E-state index contributed by atoms with van der Waals surface area (Å²) in [6, 6.07) is 2.36. The van der Waals surface area contributed by atoms with E-state index in [9.17, 15) is 31.5 Å². The molecule has 1 aliphatic heterocycles. The van der Waals surface area contributed by atoms with Crippen LogP contribution in [0.1, 0.15) is 53.8 Å². The first-order chi connectivity index (χ1) is 16.9. The SMILES string of the molecule is C[C@@H]1[C@@H](n2cc(C(=O)N[C@H](C)c3cccc(C(F)F)c3F)c(N[C@@H]3[C@@H]4CN(C)C[C@@H]43)cc2=O)C1(F)F. The maximum Gasteiger partial charge on any atom is 0.273 e. The smallest absolute Gasteiger partial charge is 0.273 e. The number of nitrogens with zero attached hydrogens (tertiary/aromatic N) is 2. The van der Waals surface area contributed by atoms with E-state index in [4.69, 9.17) is 0 Å². The Morgan fingerprint density at radius 3 is 2.36 bits per heavy atom. The molecule has 3 aliphatic rings. The van der Waals surface area contributed by atoms with E-state index in [0.717, 1.165) is 36.0 Å². The predicted molar refractivity (Wildman–Crippen MR) is 123 cm³/mol. The van der Waals surface area contributed by atoms with Crippen LogP contribution < -0.4 is 16.2 Å². The van der Waals surface area contributed by atoms with Crippen molar-refractivity contribution in [1.82, 2.24) is 14.8 Å². The molecule has 194 valence electrons. The quantitative estimate of drug-likeness (QED) is 0.548. The Morgan fingerprint density at radius 2 is 1.78 bits per heavy atom. The number of nitrogens with one attached hydrogen (secondary N) is 2. The van der Waals surface area contributed by atoms with Gasteiger partial charge < -0.3 is 20.1 Å². The van der Waals surface area contributed by atoms with E-state index >= 15 is 0 Å².